The van der Waals surface area contributed by atoms with Crippen LogP contribution in [0.5, 0.6) is 0 Å². The molecule has 0 atom stereocenters. The first-order valence-electron chi connectivity index (χ1n) is 4.75. The van der Waals surface area contributed by atoms with Crippen molar-refractivity contribution in [3.8, 4) is 0 Å². The Morgan fingerprint density at radius 3 is 1.86 bits per heavy atom. The summed E-state index contributed by atoms with van der Waals surface area (Å²) in [4.78, 5) is 0. The smallest absolute Gasteiger partial charge is 0.0250 e. The van der Waals surface area contributed by atoms with Gasteiger partial charge >= 0.3 is 0 Å². The number of rotatable bonds is 5. The molecule has 0 fully saturated rings. The van der Waals surface area contributed by atoms with Gasteiger partial charge in [-0.1, -0.05) is 61.8 Å². The molecule has 0 aromatic rings. The van der Waals surface area contributed by atoms with Crippen LogP contribution in [-0.2, 0) is 0 Å². The van der Waals surface area contributed by atoms with Crippen LogP contribution >= 0.6 is 0 Å². The fourth-order valence-electron chi connectivity index (χ4n) is 0.648. The quantitative estimate of drug-likeness (QED) is 0.430. The third-order valence-electron chi connectivity index (χ3n) is 1.47. The Morgan fingerprint density at radius 2 is 1.57 bits per heavy atom. The molecule has 78 valence electrons. The van der Waals surface area contributed by atoms with Gasteiger partial charge in [-0.25, -0.2) is 0 Å². The molecule has 0 spiro atoms. The average Bonchev–Trinajstić information content (AvgIpc) is 2.17. The van der Waals surface area contributed by atoms with Gasteiger partial charge in [0.05, 0.1) is 0 Å². The molecule has 0 aromatic carbocycles. The van der Waals surface area contributed by atoms with Gasteiger partial charge in [-0.05, 0) is 26.7 Å². The molecule has 0 aliphatic rings. The summed E-state index contributed by atoms with van der Waals surface area (Å²) in [6.45, 7) is 18.4. The zero-order valence-corrected chi connectivity index (χ0v) is 9.55. The summed E-state index contributed by atoms with van der Waals surface area (Å²) in [7, 11) is 0. The Hall–Kier alpha value is -1.30. The van der Waals surface area contributed by atoms with Crippen molar-refractivity contribution in [2.45, 2.75) is 26.7 Å². The molecule has 0 radical (unpaired) electrons. The summed E-state index contributed by atoms with van der Waals surface area (Å²) in [5.41, 5.74) is 2.49. The predicted molar refractivity (Wildman–Crippen MR) is 68.4 cm³/mol. The van der Waals surface area contributed by atoms with Crippen molar-refractivity contribution in [1.29, 1.82) is 0 Å². The standard InChI is InChI=1S/C10H16.C4H6/c1-5-10(4)8-6-7-9(2)3;1-3-4-2/h5,7H,1,4,6,8H2,2-3H3;3-4H,1-2H2. The molecule has 0 heteroatoms. The normalized spacial score (nSPS) is 7.57. The molecular formula is C14H22. The minimum atomic E-state index is 1.04. The number of hydrogen-bond acceptors (Lipinski definition) is 0. The Bertz CT molecular complexity index is 206. The minimum absolute atomic E-state index is 1.04. The van der Waals surface area contributed by atoms with E-state index in [1.807, 2.05) is 6.08 Å². The second kappa shape index (κ2) is 11.7. The van der Waals surface area contributed by atoms with Gasteiger partial charge in [0.25, 0.3) is 0 Å². The molecule has 0 N–H and O–H groups in total. The van der Waals surface area contributed by atoms with Gasteiger partial charge in [0.15, 0.2) is 0 Å². The summed E-state index contributed by atoms with van der Waals surface area (Å²) >= 11 is 0. The van der Waals surface area contributed by atoms with Crippen LogP contribution in [-0.4, -0.2) is 0 Å². The van der Waals surface area contributed by atoms with E-state index in [1.165, 1.54) is 5.57 Å². The first-order valence-corrected chi connectivity index (χ1v) is 4.75. The Balaban J connectivity index is 0. The maximum Gasteiger partial charge on any atom is -0.0250 e. The van der Waals surface area contributed by atoms with E-state index in [0.29, 0.717) is 0 Å². The van der Waals surface area contributed by atoms with E-state index in [-0.39, 0.29) is 0 Å². The van der Waals surface area contributed by atoms with Crippen molar-refractivity contribution >= 4 is 0 Å². The largest absolute Gasteiger partial charge is 0.0991 e. The van der Waals surface area contributed by atoms with Crippen molar-refractivity contribution in [2.75, 3.05) is 0 Å². The predicted octanol–water partition coefficient (Wildman–Crippen LogP) is 4.83. The van der Waals surface area contributed by atoms with Crippen molar-refractivity contribution in [1.82, 2.24) is 0 Å². The first-order chi connectivity index (χ1) is 6.58. The molecule has 0 saturated carbocycles. The third-order valence-corrected chi connectivity index (χ3v) is 1.47. The molecule has 0 amide bonds. The second-order valence-corrected chi connectivity index (χ2v) is 3.15. The van der Waals surface area contributed by atoms with E-state index in [2.05, 4.69) is 46.2 Å². The second-order valence-electron chi connectivity index (χ2n) is 3.15. The van der Waals surface area contributed by atoms with Crippen molar-refractivity contribution in [3.63, 3.8) is 0 Å². The molecule has 0 rings (SSSR count). The summed E-state index contributed by atoms with van der Waals surface area (Å²) in [5, 5.41) is 0. The monoisotopic (exact) mass is 190 g/mol. The molecule has 0 aliphatic carbocycles. The van der Waals surface area contributed by atoms with Crippen LogP contribution in [0, 0.1) is 0 Å². The van der Waals surface area contributed by atoms with Gasteiger partial charge in [0, 0.05) is 0 Å². The van der Waals surface area contributed by atoms with Crippen LogP contribution in [0.3, 0.4) is 0 Å². The van der Waals surface area contributed by atoms with Gasteiger partial charge in [-0.2, -0.15) is 0 Å². The van der Waals surface area contributed by atoms with E-state index in [9.17, 15) is 0 Å². The Morgan fingerprint density at radius 1 is 1.07 bits per heavy atom. The van der Waals surface area contributed by atoms with Crippen molar-refractivity contribution < 1.29 is 0 Å². The highest BCUT2D eigenvalue weighted by Gasteiger charge is 1.84. The van der Waals surface area contributed by atoms with E-state index in [0.717, 1.165) is 18.4 Å². The Labute approximate surface area is 89.0 Å². The maximum absolute atomic E-state index is 3.82. The van der Waals surface area contributed by atoms with E-state index < -0.39 is 0 Å². The highest BCUT2D eigenvalue weighted by Crippen LogP contribution is 2.04. The highest BCUT2D eigenvalue weighted by atomic mass is 13.9. The number of hydrogen-bond donors (Lipinski definition) is 0. The highest BCUT2D eigenvalue weighted by molar-refractivity contribution is 5.11. The third kappa shape index (κ3) is 17.0. The fraction of sp³-hybridized carbons (Fsp3) is 0.286. The van der Waals surface area contributed by atoms with E-state index in [1.54, 1.807) is 12.2 Å². The lowest BCUT2D eigenvalue weighted by Crippen LogP contribution is -1.74. The summed E-state index contributed by atoms with van der Waals surface area (Å²) in [5.74, 6) is 0. The van der Waals surface area contributed by atoms with Crippen LogP contribution in [0.4, 0.5) is 0 Å². The van der Waals surface area contributed by atoms with Crippen LogP contribution in [0.15, 0.2) is 61.8 Å². The zero-order valence-electron chi connectivity index (χ0n) is 9.55. The molecule has 0 unspecified atom stereocenters. The van der Waals surface area contributed by atoms with Gasteiger partial charge in [0.1, 0.15) is 0 Å². The van der Waals surface area contributed by atoms with Gasteiger partial charge in [-0.3, -0.25) is 0 Å². The first kappa shape index (κ1) is 15.2. The topological polar surface area (TPSA) is 0 Å². The molecule has 0 saturated heterocycles. The lowest BCUT2D eigenvalue weighted by molar-refractivity contribution is 0.999. The molecule has 0 aliphatic heterocycles. The van der Waals surface area contributed by atoms with Crippen LogP contribution in [0.2, 0.25) is 0 Å². The average molecular weight is 190 g/mol. The van der Waals surface area contributed by atoms with Gasteiger partial charge in [-0.15, -0.1) is 0 Å². The van der Waals surface area contributed by atoms with Crippen LogP contribution in [0.25, 0.3) is 0 Å². The lowest BCUT2D eigenvalue weighted by Gasteiger charge is -1.94. The summed E-state index contributed by atoms with van der Waals surface area (Å²) in [6.07, 6.45) is 9.44. The Kier molecular flexibility index (Phi) is 12.7. The molecule has 14 heavy (non-hydrogen) atoms. The zero-order chi connectivity index (χ0) is 11.4. The molecule has 0 heterocycles. The van der Waals surface area contributed by atoms with E-state index in [4.69, 9.17) is 0 Å². The van der Waals surface area contributed by atoms with Crippen molar-refractivity contribution in [3.05, 3.63) is 61.8 Å². The van der Waals surface area contributed by atoms with E-state index >= 15 is 0 Å². The van der Waals surface area contributed by atoms with Crippen molar-refractivity contribution in [2.24, 2.45) is 0 Å². The molecule has 0 bridgehead atoms. The fourth-order valence-corrected chi connectivity index (χ4v) is 0.648. The summed E-state index contributed by atoms with van der Waals surface area (Å²) < 4.78 is 0. The van der Waals surface area contributed by atoms with Gasteiger partial charge in [0.2, 0.25) is 0 Å². The number of allylic oxidation sites excluding steroid dienone is 6. The SMILES string of the molecule is C=CC(=C)CCC=C(C)C.C=CC=C. The van der Waals surface area contributed by atoms with Crippen LogP contribution < -0.4 is 0 Å². The van der Waals surface area contributed by atoms with Gasteiger partial charge < -0.3 is 0 Å². The molecular weight excluding hydrogens is 168 g/mol. The molecule has 0 nitrogen and oxygen atoms in total. The molecule has 0 aromatic heterocycles. The summed E-state index contributed by atoms with van der Waals surface area (Å²) in [6, 6.07) is 0. The minimum Gasteiger partial charge on any atom is -0.0991 e. The van der Waals surface area contributed by atoms with Crippen LogP contribution in [0.1, 0.15) is 26.7 Å². The maximum atomic E-state index is 3.82. The lowest BCUT2D eigenvalue weighted by atomic mass is 10.1.